The first kappa shape index (κ1) is 15.7. The minimum absolute atomic E-state index is 0.119. The molecule has 8 heteroatoms. The lowest BCUT2D eigenvalue weighted by Crippen LogP contribution is -2.56. The van der Waals surface area contributed by atoms with Crippen LogP contribution in [0.2, 0.25) is 0 Å². The molecule has 3 amide bonds. The highest BCUT2D eigenvalue weighted by Gasteiger charge is 2.44. The third kappa shape index (κ3) is 3.33. The van der Waals surface area contributed by atoms with Crippen molar-refractivity contribution < 1.29 is 14.4 Å². The third-order valence-corrected chi connectivity index (χ3v) is 3.97. The molecule has 2 fully saturated rings. The molecule has 4 N–H and O–H groups in total. The maximum absolute atomic E-state index is 12.7. The van der Waals surface area contributed by atoms with Gasteiger partial charge in [-0.15, -0.1) is 0 Å². The fraction of sp³-hybridized carbons (Fsp3) is 0.769. The number of rotatable bonds is 4. The Morgan fingerprint density at radius 3 is 2.71 bits per heavy atom. The summed E-state index contributed by atoms with van der Waals surface area (Å²) < 4.78 is 0. The van der Waals surface area contributed by atoms with Crippen molar-refractivity contribution in [3.8, 4) is 0 Å². The Morgan fingerprint density at radius 1 is 1.29 bits per heavy atom. The molecule has 3 unspecified atom stereocenters. The van der Waals surface area contributed by atoms with Gasteiger partial charge in [0.15, 0.2) is 0 Å². The molecule has 21 heavy (non-hydrogen) atoms. The molecular formula is C13H23N5O3. The quantitative estimate of drug-likeness (QED) is 0.469. The van der Waals surface area contributed by atoms with Crippen LogP contribution in [0.5, 0.6) is 0 Å². The van der Waals surface area contributed by atoms with Crippen LogP contribution in [0.3, 0.4) is 0 Å². The van der Waals surface area contributed by atoms with Crippen LogP contribution in [0.15, 0.2) is 0 Å². The molecule has 0 saturated carbocycles. The Labute approximate surface area is 124 Å². The van der Waals surface area contributed by atoms with E-state index in [1.54, 1.807) is 19.0 Å². The first-order chi connectivity index (χ1) is 10.1. The van der Waals surface area contributed by atoms with Gasteiger partial charge in [0, 0.05) is 7.05 Å². The minimum atomic E-state index is -0.575. The van der Waals surface area contributed by atoms with Gasteiger partial charge < -0.3 is 20.9 Å². The molecule has 0 aliphatic carbocycles. The van der Waals surface area contributed by atoms with Crippen LogP contribution in [0.1, 0.15) is 19.3 Å². The molecule has 0 bridgehead atoms. The second-order valence-corrected chi connectivity index (χ2v) is 5.36. The maximum atomic E-state index is 12.7. The fourth-order valence-electron chi connectivity index (χ4n) is 2.98. The minimum Gasteiger partial charge on any atom is -0.357 e. The van der Waals surface area contributed by atoms with Crippen molar-refractivity contribution in [3.05, 3.63) is 0 Å². The Hall–Kier alpha value is -1.67. The van der Waals surface area contributed by atoms with Crippen molar-refractivity contribution in [1.29, 1.82) is 0 Å². The van der Waals surface area contributed by atoms with Crippen LogP contribution in [-0.2, 0) is 14.4 Å². The monoisotopic (exact) mass is 297 g/mol. The predicted octanol–water partition coefficient (Wildman–Crippen LogP) is -2.25. The van der Waals surface area contributed by atoms with Gasteiger partial charge in [-0.1, -0.05) is 0 Å². The van der Waals surface area contributed by atoms with E-state index in [9.17, 15) is 14.4 Å². The van der Waals surface area contributed by atoms with E-state index in [0.29, 0.717) is 19.4 Å². The number of likely N-dealkylation sites (N-methyl/N-ethyl adjacent to an activating group) is 2. The van der Waals surface area contributed by atoms with Crippen molar-refractivity contribution in [2.24, 2.45) is 0 Å². The molecule has 2 saturated heterocycles. The van der Waals surface area contributed by atoms with Crippen LogP contribution in [0.25, 0.3) is 0 Å². The lowest BCUT2D eigenvalue weighted by atomic mass is 10.1. The van der Waals surface area contributed by atoms with Crippen LogP contribution >= 0.6 is 0 Å². The van der Waals surface area contributed by atoms with Crippen molar-refractivity contribution >= 4 is 17.7 Å². The SMILES string of the molecule is CNCC(=O)NC1CCNC2CCC(C(=O)NC)N2C1=O. The average molecular weight is 297 g/mol. The zero-order valence-electron chi connectivity index (χ0n) is 12.4. The molecule has 2 aliphatic heterocycles. The number of hydrogen-bond donors (Lipinski definition) is 4. The molecule has 2 aliphatic rings. The van der Waals surface area contributed by atoms with E-state index < -0.39 is 12.1 Å². The van der Waals surface area contributed by atoms with Crippen LogP contribution in [0, 0.1) is 0 Å². The third-order valence-electron chi connectivity index (χ3n) is 3.97. The molecule has 0 spiro atoms. The topological polar surface area (TPSA) is 103 Å². The van der Waals surface area contributed by atoms with E-state index in [1.165, 1.54) is 0 Å². The number of nitrogens with one attached hydrogen (secondary N) is 4. The van der Waals surface area contributed by atoms with Gasteiger partial charge in [0.2, 0.25) is 17.7 Å². The van der Waals surface area contributed by atoms with Crippen LogP contribution in [0.4, 0.5) is 0 Å². The second kappa shape index (κ2) is 6.86. The number of nitrogens with zero attached hydrogens (tertiary/aromatic N) is 1. The summed E-state index contributed by atoms with van der Waals surface area (Å²) in [6.45, 7) is 0.803. The molecule has 0 aromatic carbocycles. The molecule has 2 rings (SSSR count). The van der Waals surface area contributed by atoms with Crippen molar-refractivity contribution in [2.75, 3.05) is 27.2 Å². The summed E-state index contributed by atoms with van der Waals surface area (Å²) in [6.07, 6.45) is 1.80. The van der Waals surface area contributed by atoms with E-state index in [0.717, 1.165) is 6.42 Å². The van der Waals surface area contributed by atoms with Gasteiger partial charge >= 0.3 is 0 Å². The summed E-state index contributed by atoms with van der Waals surface area (Å²) in [6, 6.07) is -1.03. The summed E-state index contributed by atoms with van der Waals surface area (Å²) in [7, 11) is 3.24. The molecule has 3 atom stereocenters. The lowest BCUT2D eigenvalue weighted by Gasteiger charge is -2.30. The molecule has 0 aromatic rings. The van der Waals surface area contributed by atoms with E-state index in [1.807, 2.05) is 0 Å². The molecule has 0 radical (unpaired) electrons. The van der Waals surface area contributed by atoms with Gasteiger partial charge in [-0.2, -0.15) is 0 Å². The number of fused-ring (bicyclic) bond motifs is 1. The van der Waals surface area contributed by atoms with Gasteiger partial charge in [0.05, 0.1) is 12.7 Å². The standard InChI is InChI=1S/C13H23N5O3/c1-14-7-11(19)17-8-5-6-16-10-4-3-9(12(20)15-2)18(10)13(8)21/h8-10,14,16H,3-7H2,1-2H3,(H,15,20)(H,17,19). The van der Waals surface area contributed by atoms with Crippen LogP contribution in [-0.4, -0.2) is 68.1 Å². The van der Waals surface area contributed by atoms with E-state index in [2.05, 4.69) is 21.3 Å². The van der Waals surface area contributed by atoms with Crippen molar-refractivity contribution in [3.63, 3.8) is 0 Å². The van der Waals surface area contributed by atoms with Crippen molar-refractivity contribution in [1.82, 2.24) is 26.2 Å². The summed E-state index contributed by atoms with van der Waals surface area (Å²) in [4.78, 5) is 37.9. The Morgan fingerprint density at radius 2 is 2.05 bits per heavy atom. The highest BCUT2D eigenvalue weighted by atomic mass is 16.2. The highest BCUT2D eigenvalue weighted by Crippen LogP contribution is 2.25. The fourth-order valence-corrected chi connectivity index (χ4v) is 2.98. The largest absolute Gasteiger partial charge is 0.357 e. The van der Waals surface area contributed by atoms with Gasteiger partial charge in [0.25, 0.3) is 0 Å². The molecular weight excluding hydrogens is 274 g/mol. The number of amides is 3. The number of hydrogen-bond acceptors (Lipinski definition) is 5. The van der Waals surface area contributed by atoms with E-state index in [-0.39, 0.29) is 30.4 Å². The molecule has 2 heterocycles. The molecule has 118 valence electrons. The highest BCUT2D eigenvalue weighted by molar-refractivity contribution is 5.93. The zero-order chi connectivity index (χ0) is 15.4. The normalized spacial score (nSPS) is 28.8. The predicted molar refractivity (Wildman–Crippen MR) is 76.2 cm³/mol. The Bertz CT molecular complexity index is 428. The summed E-state index contributed by atoms with van der Waals surface area (Å²) in [5.41, 5.74) is 0. The zero-order valence-corrected chi connectivity index (χ0v) is 12.4. The lowest BCUT2D eigenvalue weighted by molar-refractivity contribution is -0.142. The van der Waals surface area contributed by atoms with E-state index >= 15 is 0 Å². The van der Waals surface area contributed by atoms with Gasteiger partial charge in [-0.3, -0.25) is 19.7 Å². The first-order valence-corrected chi connectivity index (χ1v) is 7.29. The molecule has 0 aromatic heterocycles. The Balaban J connectivity index is 2.11. The summed E-state index contributed by atoms with van der Waals surface area (Å²) in [5, 5.41) is 11.4. The summed E-state index contributed by atoms with van der Waals surface area (Å²) >= 11 is 0. The van der Waals surface area contributed by atoms with Gasteiger partial charge in [-0.05, 0) is 32.9 Å². The maximum Gasteiger partial charge on any atom is 0.247 e. The Kier molecular flexibility index (Phi) is 5.13. The first-order valence-electron chi connectivity index (χ1n) is 7.29. The van der Waals surface area contributed by atoms with Gasteiger partial charge in [0.1, 0.15) is 12.1 Å². The number of carbonyl (C=O) groups excluding carboxylic acids is 3. The number of carbonyl (C=O) groups is 3. The smallest absolute Gasteiger partial charge is 0.247 e. The van der Waals surface area contributed by atoms with Crippen molar-refractivity contribution in [2.45, 2.75) is 37.5 Å². The summed E-state index contributed by atoms with van der Waals surface area (Å²) in [5.74, 6) is -0.555. The van der Waals surface area contributed by atoms with Gasteiger partial charge in [-0.25, -0.2) is 0 Å². The molecule has 8 nitrogen and oxygen atoms in total. The van der Waals surface area contributed by atoms with E-state index in [4.69, 9.17) is 0 Å². The van der Waals surface area contributed by atoms with Crippen LogP contribution < -0.4 is 21.3 Å². The second-order valence-electron chi connectivity index (χ2n) is 5.36. The average Bonchev–Trinajstić information content (AvgIpc) is 2.82.